The van der Waals surface area contributed by atoms with Gasteiger partial charge in [-0.05, 0) is 60.7 Å². The van der Waals surface area contributed by atoms with Crippen molar-refractivity contribution in [3.63, 3.8) is 0 Å². The predicted molar refractivity (Wildman–Crippen MR) is 129 cm³/mol. The monoisotopic (exact) mass is 500 g/mol. The van der Waals surface area contributed by atoms with Crippen molar-refractivity contribution in [2.75, 3.05) is 5.32 Å². The SMILES string of the molecule is NS(=O)(=O)c1ccc(-n2nc(CC(=O)Nc3cccc(Cl)c3)cc2-c2ccc(Cl)cc2)cc1. The van der Waals surface area contributed by atoms with Crippen LogP contribution in [-0.2, 0) is 21.2 Å². The fourth-order valence-electron chi connectivity index (χ4n) is 3.25. The molecule has 0 aliphatic carbocycles. The summed E-state index contributed by atoms with van der Waals surface area (Å²) in [5.41, 5.74) is 3.25. The number of nitrogens with one attached hydrogen (secondary N) is 1. The molecule has 1 heterocycles. The average molecular weight is 501 g/mol. The molecule has 10 heteroatoms. The summed E-state index contributed by atoms with van der Waals surface area (Å²) >= 11 is 12.0. The highest BCUT2D eigenvalue weighted by atomic mass is 35.5. The lowest BCUT2D eigenvalue weighted by Gasteiger charge is -2.08. The van der Waals surface area contributed by atoms with Crippen LogP contribution >= 0.6 is 23.2 Å². The zero-order chi connectivity index (χ0) is 23.6. The van der Waals surface area contributed by atoms with Crippen LogP contribution in [0.1, 0.15) is 5.69 Å². The molecule has 0 fully saturated rings. The highest BCUT2D eigenvalue weighted by Gasteiger charge is 2.16. The quantitative estimate of drug-likeness (QED) is 0.400. The molecule has 33 heavy (non-hydrogen) atoms. The van der Waals surface area contributed by atoms with E-state index in [4.69, 9.17) is 28.3 Å². The lowest BCUT2D eigenvalue weighted by Crippen LogP contribution is -2.15. The fourth-order valence-corrected chi connectivity index (χ4v) is 4.08. The molecule has 7 nitrogen and oxygen atoms in total. The molecule has 168 valence electrons. The van der Waals surface area contributed by atoms with Crippen LogP contribution in [0.5, 0.6) is 0 Å². The Morgan fingerprint density at radius 2 is 1.64 bits per heavy atom. The molecule has 0 aliphatic rings. The molecular weight excluding hydrogens is 483 g/mol. The largest absolute Gasteiger partial charge is 0.326 e. The number of carbonyl (C=O) groups excluding carboxylic acids is 1. The van der Waals surface area contributed by atoms with Crippen LogP contribution in [-0.4, -0.2) is 24.1 Å². The standard InChI is InChI=1S/C23H18Cl2N4O3S/c24-16-6-4-15(5-7-16)22-13-19(14-23(30)27-18-3-1-2-17(25)12-18)28-29(22)20-8-10-21(11-9-20)33(26,31)32/h1-13H,14H2,(H,27,30)(H2,26,31,32). The maximum absolute atomic E-state index is 12.6. The molecule has 3 aromatic carbocycles. The van der Waals surface area contributed by atoms with Crippen LogP contribution in [0.3, 0.4) is 0 Å². The van der Waals surface area contributed by atoms with Crippen LogP contribution in [0, 0.1) is 0 Å². The molecule has 1 amide bonds. The summed E-state index contributed by atoms with van der Waals surface area (Å²) in [6.45, 7) is 0. The molecule has 0 aliphatic heterocycles. The van der Waals surface area contributed by atoms with Crippen LogP contribution in [0.4, 0.5) is 5.69 Å². The van der Waals surface area contributed by atoms with Crippen molar-refractivity contribution in [1.29, 1.82) is 0 Å². The van der Waals surface area contributed by atoms with E-state index in [9.17, 15) is 13.2 Å². The molecule has 0 unspecified atom stereocenters. The Morgan fingerprint density at radius 1 is 0.939 bits per heavy atom. The molecule has 3 N–H and O–H groups in total. The van der Waals surface area contributed by atoms with Crippen LogP contribution in [0.15, 0.2) is 83.8 Å². The molecule has 0 radical (unpaired) electrons. The number of sulfonamides is 1. The van der Waals surface area contributed by atoms with E-state index in [1.165, 1.54) is 12.1 Å². The Hall–Kier alpha value is -3.17. The third kappa shape index (κ3) is 5.61. The minimum absolute atomic E-state index is 0.00688. The predicted octanol–water partition coefficient (Wildman–Crippen LogP) is 4.67. The molecule has 4 rings (SSSR count). The summed E-state index contributed by atoms with van der Waals surface area (Å²) in [7, 11) is -3.82. The number of aromatic nitrogens is 2. The molecule has 4 aromatic rings. The van der Waals surface area contributed by atoms with Gasteiger partial charge in [-0.25, -0.2) is 18.2 Å². The topological polar surface area (TPSA) is 107 Å². The maximum Gasteiger partial charge on any atom is 0.238 e. The van der Waals surface area contributed by atoms with E-state index in [0.29, 0.717) is 32.8 Å². The van der Waals surface area contributed by atoms with Crippen LogP contribution in [0.2, 0.25) is 10.0 Å². The number of nitrogens with zero attached hydrogens (tertiary/aromatic N) is 2. The number of hydrogen-bond acceptors (Lipinski definition) is 4. The zero-order valence-electron chi connectivity index (χ0n) is 17.1. The number of hydrogen-bond donors (Lipinski definition) is 2. The van der Waals surface area contributed by atoms with Crippen molar-refractivity contribution in [3.8, 4) is 16.9 Å². The molecule has 0 bridgehead atoms. The molecular formula is C23H18Cl2N4O3S. The van der Waals surface area contributed by atoms with Crippen molar-refractivity contribution in [3.05, 3.63) is 94.6 Å². The van der Waals surface area contributed by atoms with Gasteiger partial charge in [0.15, 0.2) is 0 Å². The molecule has 0 saturated heterocycles. The lowest BCUT2D eigenvalue weighted by atomic mass is 10.1. The van der Waals surface area contributed by atoms with Gasteiger partial charge in [-0.3, -0.25) is 4.79 Å². The van der Waals surface area contributed by atoms with E-state index in [1.807, 2.05) is 12.1 Å². The van der Waals surface area contributed by atoms with Crippen molar-refractivity contribution in [2.45, 2.75) is 11.3 Å². The van der Waals surface area contributed by atoms with Crippen LogP contribution < -0.4 is 10.5 Å². The second-order valence-corrected chi connectivity index (χ2v) is 9.65. The summed E-state index contributed by atoms with van der Waals surface area (Å²) < 4.78 is 24.8. The van der Waals surface area contributed by atoms with E-state index < -0.39 is 10.0 Å². The summed E-state index contributed by atoms with van der Waals surface area (Å²) in [5.74, 6) is -0.255. The number of carbonyl (C=O) groups is 1. The molecule has 0 atom stereocenters. The highest BCUT2D eigenvalue weighted by molar-refractivity contribution is 7.89. The highest BCUT2D eigenvalue weighted by Crippen LogP contribution is 2.26. The Morgan fingerprint density at radius 3 is 2.27 bits per heavy atom. The third-order valence-electron chi connectivity index (χ3n) is 4.76. The summed E-state index contributed by atoms with van der Waals surface area (Å²) in [5, 5.41) is 13.7. The van der Waals surface area contributed by atoms with Crippen molar-refractivity contribution in [1.82, 2.24) is 9.78 Å². The van der Waals surface area contributed by atoms with Gasteiger partial charge < -0.3 is 5.32 Å². The van der Waals surface area contributed by atoms with Gasteiger partial charge in [-0.2, -0.15) is 5.10 Å². The van der Waals surface area contributed by atoms with Crippen LogP contribution in [0.25, 0.3) is 16.9 Å². The lowest BCUT2D eigenvalue weighted by molar-refractivity contribution is -0.115. The molecule has 1 aromatic heterocycles. The first-order chi connectivity index (χ1) is 15.7. The summed E-state index contributed by atoms with van der Waals surface area (Å²) in [4.78, 5) is 12.6. The van der Waals surface area contributed by atoms with E-state index in [0.717, 1.165) is 5.56 Å². The van der Waals surface area contributed by atoms with Gasteiger partial charge in [0, 0.05) is 21.3 Å². The summed E-state index contributed by atoms with van der Waals surface area (Å²) in [6, 6.07) is 21.9. The Labute approximate surface area is 200 Å². The minimum atomic E-state index is -3.82. The smallest absolute Gasteiger partial charge is 0.238 e. The second-order valence-electron chi connectivity index (χ2n) is 7.21. The normalized spacial score (nSPS) is 11.4. The number of nitrogens with two attached hydrogens (primary N) is 1. The number of anilines is 1. The second kappa shape index (κ2) is 9.36. The molecule has 0 saturated carbocycles. The third-order valence-corrected chi connectivity index (χ3v) is 6.18. The van der Waals surface area contributed by atoms with E-state index in [-0.39, 0.29) is 17.2 Å². The van der Waals surface area contributed by atoms with Gasteiger partial charge in [-0.15, -0.1) is 0 Å². The van der Waals surface area contributed by atoms with Gasteiger partial charge in [-0.1, -0.05) is 41.4 Å². The maximum atomic E-state index is 12.6. The van der Waals surface area contributed by atoms with Gasteiger partial charge in [0.05, 0.1) is 28.4 Å². The summed E-state index contributed by atoms with van der Waals surface area (Å²) in [6.07, 6.45) is 0.0232. The van der Waals surface area contributed by atoms with Crippen molar-refractivity contribution in [2.24, 2.45) is 5.14 Å². The first-order valence-electron chi connectivity index (χ1n) is 9.72. The zero-order valence-corrected chi connectivity index (χ0v) is 19.4. The molecule has 0 spiro atoms. The van der Waals surface area contributed by atoms with Gasteiger partial charge in [0.25, 0.3) is 0 Å². The van der Waals surface area contributed by atoms with Gasteiger partial charge in [0.2, 0.25) is 15.9 Å². The number of halogens is 2. The van der Waals surface area contributed by atoms with Crippen molar-refractivity contribution >= 4 is 44.8 Å². The van der Waals surface area contributed by atoms with Gasteiger partial charge >= 0.3 is 0 Å². The number of rotatable bonds is 6. The first kappa shape index (κ1) is 23.0. The van der Waals surface area contributed by atoms with Crippen molar-refractivity contribution < 1.29 is 13.2 Å². The number of benzene rings is 3. The number of amides is 1. The van der Waals surface area contributed by atoms with E-state index in [2.05, 4.69) is 10.4 Å². The number of primary sulfonamides is 1. The average Bonchev–Trinajstić information content (AvgIpc) is 3.17. The Bertz CT molecular complexity index is 1420. The Kier molecular flexibility index (Phi) is 6.53. The Balaban J connectivity index is 1.68. The van der Waals surface area contributed by atoms with E-state index >= 15 is 0 Å². The first-order valence-corrected chi connectivity index (χ1v) is 12.0. The van der Waals surface area contributed by atoms with E-state index in [1.54, 1.807) is 59.3 Å². The minimum Gasteiger partial charge on any atom is -0.326 e. The fraction of sp³-hybridized carbons (Fsp3) is 0.0435. The van der Waals surface area contributed by atoms with Gasteiger partial charge in [0.1, 0.15) is 0 Å².